The van der Waals surface area contributed by atoms with Crippen LogP contribution >= 0.6 is 0 Å². The zero-order chi connectivity index (χ0) is 14.1. The number of benzene rings is 1. The smallest absolute Gasteiger partial charge is 0.231 e. The average molecular weight is 282 g/mol. The Hall–Kier alpha value is -2.76. The van der Waals surface area contributed by atoms with Gasteiger partial charge in [-0.05, 0) is 23.6 Å². The molecule has 1 aromatic carbocycles. The van der Waals surface area contributed by atoms with Crippen LogP contribution in [0.1, 0.15) is 0 Å². The molecule has 0 amide bonds. The summed E-state index contributed by atoms with van der Waals surface area (Å²) >= 11 is 0. The molecule has 6 nitrogen and oxygen atoms in total. The fourth-order valence-electron chi connectivity index (χ4n) is 2.43. The maximum atomic E-state index is 5.43. The van der Waals surface area contributed by atoms with Crippen LogP contribution in [0.2, 0.25) is 0 Å². The Morgan fingerprint density at radius 3 is 2.95 bits per heavy atom. The normalized spacial score (nSPS) is 12.8. The Kier molecular flexibility index (Phi) is 2.85. The first-order valence-corrected chi connectivity index (χ1v) is 6.78. The maximum absolute atomic E-state index is 5.43. The van der Waals surface area contributed by atoms with E-state index in [2.05, 4.69) is 15.3 Å². The lowest BCUT2D eigenvalue weighted by Gasteiger charge is -2.09. The average Bonchev–Trinajstić information content (AvgIpc) is 3.16. The van der Waals surface area contributed by atoms with Gasteiger partial charge in [0.2, 0.25) is 6.79 Å². The maximum Gasteiger partial charge on any atom is 0.231 e. The van der Waals surface area contributed by atoms with Gasteiger partial charge in [0.1, 0.15) is 5.82 Å². The van der Waals surface area contributed by atoms with Gasteiger partial charge in [0, 0.05) is 37.1 Å². The van der Waals surface area contributed by atoms with Crippen LogP contribution < -0.4 is 14.8 Å². The van der Waals surface area contributed by atoms with Crippen molar-refractivity contribution < 1.29 is 9.47 Å². The lowest BCUT2D eigenvalue weighted by Crippen LogP contribution is -2.10. The number of hydrogen-bond acceptors (Lipinski definition) is 5. The van der Waals surface area contributed by atoms with Crippen molar-refractivity contribution in [3.63, 3.8) is 0 Å². The van der Waals surface area contributed by atoms with E-state index >= 15 is 0 Å². The van der Waals surface area contributed by atoms with E-state index in [9.17, 15) is 0 Å². The molecular formula is C15H14N4O2. The lowest BCUT2D eigenvalue weighted by atomic mass is 10.1. The van der Waals surface area contributed by atoms with Crippen molar-refractivity contribution in [1.82, 2.24) is 14.5 Å². The first-order chi connectivity index (χ1) is 10.4. The number of ether oxygens (including phenoxy) is 2. The highest BCUT2D eigenvalue weighted by Gasteiger charge is 2.15. The molecule has 4 rings (SSSR count). The van der Waals surface area contributed by atoms with Crippen molar-refractivity contribution in [3.05, 3.63) is 43.1 Å². The molecule has 1 N–H and O–H groups in total. The molecule has 0 bridgehead atoms. The van der Waals surface area contributed by atoms with Gasteiger partial charge in [0.25, 0.3) is 0 Å². The number of anilines is 1. The minimum absolute atomic E-state index is 0.280. The van der Waals surface area contributed by atoms with Gasteiger partial charge in [-0.15, -0.1) is 0 Å². The van der Waals surface area contributed by atoms with Gasteiger partial charge in [0.05, 0.1) is 6.33 Å². The third-order valence-corrected chi connectivity index (χ3v) is 3.48. The Bertz CT molecular complexity index is 771. The van der Waals surface area contributed by atoms with E-state index in [1.54, 1.807) is 18.7 Å². The molecule has 3 heterocycles. The Labute approximate surface area is 121 Å². The van der Waals surface area contributed by atoms with E-state index < -0.39 is 0 Å². The van der Waals surface area contributed by atoms with Gasteiger partial charge >= 0.3 is 0 Å². The van der Waals surface area contributed by atoms with Crippen molar-refractivity contribution in [2.75, 3.05) is 18.7 Å². The van der Waals surface area contributed by atoms with Crippen molar-refractivity contribution in [2.45, 2.75) is 6.54 Å². The molecule has 1 aliphatic heterocycles. The fourth-order valence-corrected chi connectivity index (χ4v) is 2.43. The monoisotopic (exact) mass is 282 g/mol. The van der Waals surface area contributed by atoms with Crippen molar-refractivity contribution in [1.29, 1.82) is 0 Å². The van der Waals surface area contributed by atoms with Gasteiger partial charge < -0.3 is 19.4 Å². The van der Waals surface area contributed by atoms with E-state index in [4.69, 9.17) is 9.47 Å². The van der Waals surface area contributed by atoms with Crippen molar-refractivity contribution in [2.24, 2.45) is 0 Å². The molecule has 0 saturated carbocycles. The molecule has 6 heteroatoms. The molecule has 0 radical (unpaired) electrons. The molecule has 21 heavy (non-hydrogen) atoms. The second-order valence-electron chi connectivity index (χ2n) is 4.81. The largest absolute Gasteiger partial charge is 0.454 e. The summed E-state index contributed by atoms with van der Waals surface area (Å²) in [5, 5.41) is 5.48. The summed E-state index contributed by atoms with van der Waals surface area (Å²) in [6, 6.07) is 5.93. The van der Waals surface area contributed by atoms with E-state index in [0.29, 0.717) is 0 Å². The summed E-state index contributed by atoms with van der Waals surface area (Å²) in [7, 11) is 0. The number of nitrogens with one attached hydrogen (secondary N) is 1. The summed E-state index contributed by atoms with van der Waals surface area (Å²) in [4.78, 5) is 8.45. The van der Waals surface area contributed by atoms with E-state index in [0.717, 1.165) is 41.2 Å². The molecule has 2 aromatic heterocycles. The number of pyridine rings is 1. The molecule has 3 aromatic rings. The molecule has 0 unspecified atom stereocenters. The van der Waals surface area contributed by atoms with Crippen LogP contribution in [0.4, 0.5) is 5.82 Å². The number of aromatic nitrogens is 3. The third-order valence-electron chi connectivity index (χ3n) is 3.48. The zero-order valence-corrected chi connectivity index (χ0v) is 11.3. The zero-order valence-electron chi connectivity index (χ0n) is 11.3. The lowest BCUT2D eigenvalue weighted by molar-refractivity contribution is 0.174. The predicted molar refractivity (Wildman–Crippen MR) is 78.6 cm³/mol. The SMILES string of the molecule is c1cn(CCNc2nccc3cc4c(cc23)OCO4)cn1. The molecule has 0 fully saturated rings. The standard InChI is InChI=1S/C15H14N4O2/c1-2-17-15(18-4-6-19-5-3-16-9-19)12-8-14-13(7-11(1)12)20-10-21-14/h1-3,5,7-9H,4,6,10H2,(H,17,18). The third kappa shape index (κ3) is 2.24. The molecule has 0 aliphatic carbocycles. The van der Waals surface area contributed by atoms with Gasteiger partial charge in [-0.25, -0.2) is 9.97 Å². The van der Waals surface area contributed by atoms with Crippen LogP contribution in [-0.2, 0) is 6.54 Å². The second kappa shape index (κ2) is 4.97. The van der Waals surface area contributed by atoms with Gasteiger partial charge in [-0.1, -0.05) is 0 Å². The number of rotatable bonds is 4. The molecule has 0 spiro atoms. The number of imidazole rings is 1. The van der Waals surface area contributed by atoms with Crippen LogP contribution in [0.15, 0.2) is 43.1 Å². The summed E-state index contributed by atoms with van der Waals surface area (Å²) in [6.07, 6.45) is 7.31. The minimum atomic E-state index is 0.280. The highest BCUT2D eigenvalue weighted by Crippen LogP contribution is 2.37. The Morgan fingerprint density at radius 2 is 2.10 bits per heavy atom. The summed E-state index contributed by atoms with van der Waals surface area (Å²) in [6.45, 7) is 1.89. The van der Waals surface area contributed by atoms with Crippen LogP contribution in [0, 0.1) is 0 Å². The van der Waals surface area contributed by atoms with Gasteiger partial charge in [0.15, 0.2) is 11.5 Å². The number of hydrogen-bond donors (Lipinski definition) is 1. The van der Waals surface area contributed by atoms with Gasteiger partial charge in [-0.2, -0.15) is 0 Å². The van der Waals surface area contributed by atoms with E-state index in [-0.39, 0.29) is 6.79 Å². The summed E-state index contributed by atoms with van der Waals surface area (Å²) in [5.41, 5.74) is 0. The van der Waals surface area contributed by atoms with E-state index in [1.165, 1.54) is 0 Å². The first kappa shape index (κ1) is 12.0. The topological polar surface area (TPSA) is 61.2 Å². The minimum Gasteiger partial charge on any atom is -0.454 e. The van der Waals surface area contributed by atoms with Gasteiger partial charge in [-0.3, -0.25) is 0 Å². The van der Waals surface area contributed by atoms with Crippen molar-refractivity contribution in [3.8, 4) is 11.5 Å². The van der Waals surface area contributed by atoms with Crippen LogP contribution in [-0.4, -0.2) is 27.9 Å². The fraction of sp³-hybridized carbons (Fsp3) is 0.200. The van der Waals surface area contributed by atoms with Crippen molar-refractivity contribution >= 4 is 16.6 Å². The second-order valence-corrected chi connectivity index (χ2v) is 4.81. The molecule has 1 aliphatic rings. The molecular weight excluding hydrogens is 268 g/mol. The molecule has 0 saturated heterocycles. The Balaban J connectivity index is 1.59. The van der Waals surface area contributed by atoms with E-state index in [1.807, 2.05) is 29.0 Å². The Morgan fingerprint density at radius 1 is 1.19 bits per heavy atom. The number of fused-ring (bicyclic) bond motifs is 2. The predicted octanol–water partition coefficient (Wildman–Crippen LogP) is 2.27. The quantitative estimate of drug-likeness (QED) is 0.795. The van der Waals surface area contributed by atoms with Crippen LogP contribution in [0.25, 0.3) is 10.8 Å². The highest BCUT2D eigenvalue weighted by molar-refractivity contribution is 5.94. The summed E-state index contributed by atoms with van der Waals surface area (Å²) in [5.74, 6) is 2.41. The van der Waals surface area contributed by atoms with Crippen LogP contribution in [0.3, 0.4) is 0 Å². The highest BCUT2D eigenvalue weighted by atomic mass is 16.7. The summed E-state index contributed by atoms with van der Waals surface area (Å²) < 4.78 is 12.9. The first-order valence-electron chi connectivity index (χ1n) is 6.78. The number of nitrogens with zero attached hydrogens (tertiary/aromatic N) is 3. The van der Waals surface area contributed by atoms with Crippen LogP contribution in [0.5, 0.6) is 11.5 Å². The molecule has 106 valence electrons. The molecule has 0 atom stereocenters.